The van der Waals surface area contributed by atoms with E-state index < -0.39 is 7.22 Å². The zero-order chi connectivity index (χ0) is 12.7. The van der Waals surface area contributed by atoms with E-state index in [-0.39, 0.29) is 0 Å². The normalized spacial score (nSPS) is 12.2. The van der Waals surface area contributed by atoms with E-state index in [0.29, 0.717) is 0 Å². The lowest BCUT2D eigenvalue weighted by atomic mass is 10.2. The fourth-order valence-corrected chi connectivity index (χ4v) is 4.98. The summed E-state index contributed by atoms with van der Waals surface area (Å²) < 4.78 is 0. The zero-order valence-electron chi connectivity index (χ0n) is 11.4. The summed E-state index contributed by atoms with van der Waals surface area (Å²) in [4.78, 5) is 5.82. The Labute approximate surface area is 110 Å². The van der Waals surface area contributed by atoms with E-state index in [9.17, 15) is 0 Å². The molecular weight excluding hydrogens is 242 g/mol. The van der Waals surface area contributed by atoms with Crippen molar-refractivity contribution in [1.29, 1.82) is 0 Å². The average molecular weight is 265 g/mol. The monoisotopic (exact) mass is 265 g/mol. The van der Waals surface area contributed by atoms with Gasteiger partial charge in [0.1, 0.15) is 7.22 Å². The highest BCUT2D eigenvalue weighted by Crippen LogP contribution is 2.28. The number of hydrogen-bond acceptors (Lipinski definition) is 2. The second-order valence-electron chi connectivity index (χ2n) is 5.18. The molecule has 0 atom stereocenters. The van der Waals surface area contributed by atoms with Gasteiger partial charge < -0.3 is 0 Å². The Balaban J connectivity index is 2.63. The molecule has 1 aromatic rings. The minimum absolute atomic E-state index is 0.946. The zero-order valence-corrected chi connectivity index (χ0v) is 13.2. The molecule has 1 nitrogen and oxygen atoms in total. The van der Waals surface area contributed by atoms with Gasteiger partial charge in [0.2, 0.25) is 0 Å². The van der Waals surface area contributed by atoms with Crippen molar-refractivity contribution in [3.63, 3.8) is 0 Å². The number of benzene rings is 1. The van der Waals surface area contributed by atoms with Crippen molar-refractivity contribution in [2.24, 2.45) is 4.99 Å². The van der Waals surface area contributed by atoms with E-state index in [0.717, 1.165) is 6.54 Å². The first-order valence-corrected chi connectivity index (χ1v) is 11.3. The Morgan fingerprint density at radius 2 is 2.06 bits per heavy atom. The molecule has 0 fully saturated rings. The van der Waals surface area contributed by atoms with Gasteiger partial charge in [-0.1, -0.05) is 45.1 Å². The summed E-state index contributed by atoms with van der Waals surface area (Å²) in [5.41, 5.74) is 1.23. The molecule has 0 heterocycles. The highest BCUT2D eigenvalue weighted by molar-refractivity contribution is 8.28. The first kappa shape index (κ1) is 14.5. The van der Waals surface area contributed by atoms with Gasteiger partial charge in [-0.3, -0.25) is 4.99 Å². The third-order valence-corrected chi connectivity index (χ3v) is 5.81. The van der Waals surface area contributed by atoms with Gasteiger partial charge in [-0.05, 0) is 24.1 Å². The number of hydrogen-bond donors (Lipinski definition) is 0. The van der Waals surface area contributed by atoms with Crippen LogP contribution >= 0.6 is 11.2 Å². The fraction of sp³-hybridized carbons (Fsp3) is 0.500. The topological polar surface area (TPSA) is 12.4 Å². The molecule has 17 heavy (non-hydrogen) atoms. The van der Waals surface area contributed by atoms with Crippen molar-refractivity contribution in [2.75, 3.05) is 6.54 Å². The second kappa shape index (κ2) is 7.02. The van der Waals surface area contributed by atoms with Crippen LogP contribution in [0.4, 0.5) is 0 Å². The molecule has 94 valence electrons. The van der Waals surface area contributed by atoms with Gasteiger partial charge in [0.15, 0.2) is 0 Å². The van der Waals surface area contributed by atoms with Gasteiger partial charge >= 0.3 is 0 Å². The minimum Gasteiger partial charge on any atom is -0.293 e. The summed E-state index contributed by atoms with van der Waals surface area (Å²) in [7, 11) is -1.09. The molecule has 0 spiro atoms. The molecule has 0 aliphatic rings. The van der Waals surface area contributed by atoms with Crippen molar-refractivity contribution in [2.45, 2.75) is 44.3 Å². The summed E-state index contributed by atoms with van der Waals surface area (Å²) >= 11 is 2.04. The van der Waals surface area contributed by atoms with Gasteiger partial charge in [-0.25, -0.2) is 0 Å². The third-order valence-electron chi connectivity index (χ3n) is 2.16. The number of unbranched alkanes of at least 4 members (excludes halogenated alkanes) is 1. The molecule has 0 saturated heterocycles. The van der Waals surface area contributed by atoms with Crippen LogP contribution in [0.25, 0.3) is 0 Å². The predicted molar refractivity (Wildman–Crippen MR) is 83.0 cm³/mol. The van der Waals surface area contributed by atoms with Crippen molar-refractivity contribution in [1.82, 2.24) is 0 Å². The van der Waals surface area contributed by atoms with E-state index in [1.165, 1.54) is 23.3 Å². The maximum atomic E-state index is 4.45. The molecule has 0 N–H and O–H groups in total. The largest absolute Gasteiger partial charge is 0.293 e. The molecular formula is C14H23NSSi. The quantitative estimate of drug-likeness (QED) is 0.407. The Morgan fingerprint density at radius 1 is 1.29 bits per heavy atom. The molecule has 3 heteroatoms. The molecule has 0 amide bonds. The van der Waals surface area contributed by atoms with Gasteiger partial charge in [-0.15, -0.1) is 0 Å². The first-order chi connectivity index (χ1) is 8.01. The summed E-state index contributed by atoms with van der Waals surface area (Å²) in [5.74, 6) is 0. The molecule has 0 radical (unpaired) electrons. The van der Waals surface area contributed by atoms with Crippen molar-refractivity contribution in [3.8, 4) is 0 Å². The maximum absolute atomic E-state index is 4.45. The summed E-state index contributed by atoms with van der Waals surface area (Å²) in [6, 6.07) is 8.71. The fourth-order valence-electron chi connectivity index (χ4n) is 1.43. The van der Waals surface area contributed by atoms with Crippen LogP contribution in [-0.2, 0) is 0 Å². The average Bonchev–Trinajstić information content (AvgIpc) is 2.23. The van der Waals surface area contributed by atoms with Gasteiger partial charge in [0.05, 0.1) is 0 Å². The van der Waals surface area contributed by atoms with Crippen LogP contribution in [0.3, 0.4) is 0 Å². The van der Waals surface area contributed by atoms with E-state index in [2.05, 4.69) is 55.8 Å². The van der Waals surface area contributed by atoms with Crippen LogP contribution in [0.2, 0.25) is 19.6 Å². The molecule has 0 unspecified atom stereocenters. The van der Waals surface area contributed by atoms with Gasteiger partial charge in [-0.2, -0.15) is 11.2 Å². The predicted octanol–water partition coefficient (Wildman–Crippen LogP) is 4.83. The lowest BCUT2D eigenvalue weighted by Crippen LogP contribution is -2.13. The smallest absolute Gasteiger partial charge is 0.114 e. The maximum Gasteiger partial charge on any atom is 0.114 e. The summed E-state index contributed by atoms with van der Waals surface area (Å²) in [6.45, 7) is 10.3. The van der Waals surface area contributed by atoms with E-state index >= 15 is 0 Å². The Kier molecular flexibility index (Phi) is 5.99. The van der Waals surface area contributed by atoms with Crippen LogP contribution in [0, 0.1) is 0 Å². The molecule has 0 aliphatic carbocycles. The Bertz CT molecular complexity index is 369. The van der Waals surface area contributed by atoms with Gasteiger partial charge in [0.25, 0.3) is 0 Å². The molecule has 1 rings (SSSR count). The summed E-state index contributed by atoms with van der Waals surface area (Å²) in [6.07, 6.45) is 4.40. The standard InChI is InChI=1S/C14H23NSSi/c1-5-6-10-15-12-13-8-7-9-14(11-13)16-17(2,3)4/h7-9,11-12H,5-6,10H2,1-4H3. The van der Waals surface area contributed by atoms with Crippen LogP contribution in [0.1, 0.15) is 25.3 Å². The van der Waals surface area contributed by atoms with Crippen molar-refractivity contribution >= 4 is 24.6 Å². The molecule has 0 aliphatic heterocycles. The molecule has 0 saturated carbocycles. The first-order valence-electron chi connectivity index (χ1n) is 6.30. The number of nitrogens with zero attached hydrogens (tertiary/aromatic N) is 1. The van der Waals surface area contributed by atoms with E-state index in [4.69, 9.17) is 0 Å². The SMILES string of the molecule is CCCCN=Cc1cccc(S[Si](C)(C)C)c1. The number of aliphatic imine (C=N–C) groups is 1. The lowest BCUT2D eigenvalue weighted by molar-refractivity contribution is 0.810. The van der Waals surface area contributed by atoms with Crippen LogP contribution in [0.5, 0.6) is 0 Å². The van der Waals surface area contributed by atoms with Crippen molar-refractivity contribution < 1.29 is 0 Å². The van der Waals surface area contributed by atoms with Crippen molar-refractivity contribution in [3.05, 3.63) is 29.8 Å². The van der Waals surface area contributed by atoms with E-state index in [1.54, 1.807) is 0 Å². The van der Waals surface area contributed by atoms with Crippen LogP contribution < -0.4 is 0 Å². The Morgan fingerprint density at radius 3 is 2.71 bits per heavy atom. The highest BCUT2D eigenvalue weighted by Gasteiger charge is 2.14. The van der Waals surface area contributed by atoms with Crippen LogP contribution in [0.15, 0.2) is 34.2 Å². The number of rotatable bonds is 6. The highest BCUT2D eigenvalue weighted by atomic mass is 32.4. The Hall–Kier alpha value is -0.543. The van der Waals surface area contributed by atoms with Gasteiger partial charge in [0, 0.05) is 17.7 Å². The third kappa shape index (κ3) is 6.69. The minimum atomic E-state index is -1.09. The van der Waals surface area contributed by atoms with E-state index in [1.807, 2.05) is 17.4 Å². The molecule has 0 bridgehead atoms. The summed E-state index contributed by atoms with van der Waals surface area (Å²) in [5, 5.41) is 0. The lowest BCUT2D eigenvalue weighted by Gasteiger charge is -2.15. The van der Waals surface area contributed by atoms with Crippen LogP contribution in [-0.4, -0.2) is 20.0 Å². The molecule has 0 aromatic heterocycles. The molecule has 1 aromatic carbocycles. The second-order valence-corrected chi connectivity index (χ2v) is 14.4.